The summed E-state index contributed by atoms with van der Waals surface area (Å²) < 4.78 is 10.2. The predicted octanol–water partition coefficient (Wildman–Crippen LogP) is 2.02. The molecular weight excluding hydrogens is 312 g/mol. The molecule has 2 aliphatic rings. The van der Waals surface area contributed by atoms with Crippen molar-refractivity contribution in [1.82, 2.24) is 0 Å². The highest BCUT2D eigenvalue weighted by molar-refractivity contribution is 6.26. The number of aliphatic hydroxyl groups is 1. The molecule has 0 bridgehead atoms. The minimum absolute atomic E-state index is 0.0723. The Morgan fingerprint density at radius 3 is 2.46 bits per heavy atom. The van der Waals surface area contributed by atoms with Crippen molar-refractivity contribution in [3.05, 3.63) is 46.7 Å². The van der Waals surface area contributed by atoms with Crippen molar-refractivity contribution in [2.45, 2.75) is 32.5 Å². The molecule has 0 saturated heterocycles. The Morgan fingerprint density at radius 2 is 1.88 bits per heavy atom. The van der Waals surface area contributed by atoms with E-state index >= 15 is 0 Å². The zero-order valence-corrected chi connectivity index (χ0v) is 13.5. The summed E-state index contributed by atoms with van der Waals surface area (Å²) in [4.78, 5) is 37.6. The molecule has 1 heterocycles. The molecule has 24 heavy (non-hydrogen) atoms. The van der Waals surface area contributed by atoms with E-state index in [1.54, 1.807) is 25.1 Å². The Kier molecular flexibility index (Phi) is 4.01. The van der Waals surface area contributed by atoms with Crippen LogP contribution in [0.2, 0.25) is 0 Å². The summed E-state index contributed by atoms with van der Waals surface area (Å²) in [7, 11) is 0. The summed E-state index contributed by atoms with van der Waals surface area (Å²) in [6.07, 6.45) is 0.355. The number of esters is 1. The first-order valence-electron chi connectivity index (χ1n) is 7.94. The lowest BCUT2D eigenvalue weighted by Crippen LogP contribution is -2.50. The number of fused-ring (bicyclic) bond motifs is 1. The summed E-state index contributed by atoms with van der Waals surface area (Å²) in [5.74, 6) is -4.70. The molecular formula is C18H18O6. The summed E-state index contributed by atoms with van der Waals surface area (Å²) in [6, 6.07) is 6.46. The van der Waals surface area contributed by atoms with Crippen molar-refractivity contribution in [2.24, 2.45) is 5.92 Å². The number of hydrogen-bond donors (Lipinski definition) is 1. The number of ketones is 2. The molecule has 0 saturated carbocycles. The smallest absolute Gasteiger partial charge is 0.379 e. The maximum atomic E-state index is 12.8. The summed E-state index contributed by atoms with van der Waals surface area (Å²) in [6.45, 7) is 3.50. The van der Waals surface area contributed by atoms with Crippen molar-refractivity contribution in [2.75, 3.05) is 6.61 Å². The third-order valence-corrected chi connectivity index (χ3v) is 4.40. The number of Topliss-reactive ketones (excluding diaryl/α,β-unsaturated/α-hetero) is 2. The van der Waals surface area contributed by atoms with Gasteiger partial charge < -0.3 is 14.6 Å². The first kappa shape index (κ1) is 16.4. The lowest BCUT2D eigenvalue weighted by atomic mass is 9.77. The maximum Gasteiger partial charge on any atom is 0.379 e. The molecule has 2 atom stereocenters. The fourth-order valence-electron chi connectivity index (χ4n) is 3.21. The van der Waals surface area contributed by atoms with Gasteiger partial charge in [-0.3, -0.25) is 9.59 Å². The molecule has 0 aromatic heterocycles. The fraction of sp³-hybridized carbons (Fsp3) is 0.389. The number of carbonyl (C=O) groups excluding carboxylic acids is 3. The van der Waals surface area contributed by atoms with Gasteiger partial charge >= 0.3 is 11.8 Å². The molecule has 1 aliphatic heterocycles. The SMILES string of the molecule is CCOC(=O)C1(O)C[C@H](CC)C2=C(O1)C(=O)c1ccccc1C2=O. The Hall–Kier alpha value is -2.47. The van der Waals surface area contributed by atoms with Gasteiger partial charge in [0.25, 0.3) is 0 Å². The number of allylic oxidation sites excluding steroid dienone is 2. The maximum absolute atomic E-state index is 12.8. The van der Waals surface area contributed by atoms with Crippen LogP contribution in [0.3, 0.4) is 0 Å². The van der Waals surface area contributed by atoms with Crippen LogP contribution in [0.4, 0.5) is 0 Å². The van der Waals surface area contributed by atoms with Gasteiger partial charge in [-0.25, -0.2) is 4.79 Å². The molecule has 1 unspecified atom stereocenters. The van der Waals surface area contributed by atoms with E-state index in [-0.39, 0.29) is 35.7 Å². The summed E-state index contributed by atoms with van der Waals surface area (Å²) >= 11 is 0. The van der Waals surface area contributed by atoms with Crippen LogP contribution in [0.25, 0.3) is 0 Å². The molecule has 6 heteroatoms. The van der Waals surface area contributed by atoms with E-state index in [2.05, 4.69) is 0 Å². The van der Waals surface area contributed by atoms with Crippen molar-refractivity contribution in [1.29, 1.82) is 0 Å². The molecule has 0 fully saturated rings. The number of rotatable bonds is 3. The van der Waals surface area contributed by atoms with Gasteiger partial charge in [-0.05, 0) is 19.3 Å². The Labute approximate surface area is 139 Å². The third kappa shape index (κ3) is 2.34. The second-order valence-corrected chi connectivity index (χ2v) is 5.86. The average molecular weight is 330 g/mol. The van der Waals surface area contributed by atoms with Crippen LogP contribution < -0.4 is 0 Å². The van der Waals surface area contributed by atoms with Gasteiger partial charge in [0.05, 0.1) is 6.61 Å². The van der Waals surface area contributed by atoms with E-state index in [1.165, 1.54) is 6.07 Å². The van der Waals surface area contributed by atoms with Gasteiger partial charge in [-0.15, -0.1) is 0 Å². The van der Waals surface area contributed by atoms with Crippen LogP contribution in [0, 0.1) is 5.92 Å². The first-order chi connectivity index (χ1) is 11.4. The van der Waals surface area contributed by atoms with E-state index in [0.717, 1.165) is 0 Å². The number of hydrogen-bond acceptors (Lipinski definition) is 6. The standard InChI is InChI=1S/C18H18O6/c1-3-10-9-18(22,17(21)23-4-2)24-16-13(10)14(19)11-7-5-6-8-12(11)15(16)20/h5-8,10,22H,3-4,9H2,1-2H3/t10-,18?/m0/s1. The first-order valence-corrected chi connectivity index (χ1v) is 7.94. The highest BCUT2D eigenvalue weighted by Gasteiger charge is 2.52. The molecule has 0 radical (unpaired) electrons. The van der Waals surface area contributed by atoms with Crippen LogP contribution in [0.5, 0.6) is 0 Å². The zero-order valence-electron chi connectivity index (χ0n) is 13.5. The predicted molar refractivity (Wildman–Crippen MR) is 83.2 cm³/mol. The minimum atomic E-state index is -2.25. The second kappa shape index (κ2) is 5.87. The van der Waals surface area contributed by atoms with E-state index in [0.29, 0.717) is 12.0 Å². The van der Waals surface area contributed by atoms with E-state index in [9.17, 15) is 19.5 Å². The molecule has 1 aromatic carbocycles. The Morgan fingerprint density at radius 1 is 1.25 bits per heavy atom. The van der Waals surface area contributed by atoms with Crippen molar-refractivity contribution < 1.29 is 29.0 Å². The van der Waals surface area contributed by atoms with Crippen LogP contribution in [-0.4, -0.2) is 35.0 Å². The van der Waals surface area contributed by atoms with Crippen molar-refractivity contribution >= 4 is 17.5 Å². The molecule has 1 aliphatic carbocycles. The van der Waals surface area contributed by atoms with Crippen molar-refractivity contribution in [3.8, 4) is 0 Å². The van der Waals surface area contributed by atoms with Gasteiger partial charge in [0.1, 0.15) is 0 Å². The normalized spacial score (nSPS) is 25.7. The second-order valence-electron chi connectivity index (χ2n) is 5.86. The van der Waals surface area contributed by atoms with Crippen LogP contribution in [0.1, 0.15) is 47.4 Å². The highest BCUT2D eigenvalue weighted by atomic mass is 16.7. The largest absolute Gasteiger partial charge is 0.461 e. The van der Waals surface area contributed by atoms with Crippen LogP contribution in [-0.2, 0) is 14.3 Å². The Balaban J connectivity index is 2.10. The van der Waals surface area contributed by atoms with Gasteiger partial charge in [-0.2, -0.15) is 0 Å². The fourth-order valence-corrected chi connectivity index (χ4v) is 3.21. The monoisotopic (exact) mass is 330 g/mol. The topological polar surface area (TPSA) is 89.9 Å². The molecule has 6 nitrogen and oxygen atoms in total. The highest BCUT2D eigenvalue weighted by Crippen LogP contribution is 2.42. The van der Waals surface area contributed by atoms with Crippen LogP contribution in [0.15, 0.2) is 35.6 Å². The van der Waals surface area contributed by atoms with Gasteiger partial charge in [-0.1, -0.05) is 31.2 Å². The van der Waals surface area contributed by atoms with Crippen LogP contribution >= 0.6 is 0 Å². The van der Waals surface area contributed by atoms with E-state index < -0.39 is 23.5 Å². The summed E-state index contributed by atoms with van der Waals surface area (Å²) in [5.41, 5.74) is 0.768. The zero-order chi connectivity index (χ0) is 17.5. The van der Waals surface area contributed by atoms with Gasteiger partial charge in [0.15, 0.2) is 11.5 Å². The van der Waals surface area contributed by atoms with Crippen molar-refractivity contribution in [3.63, 3.8) is 0 Å². The molecule has 1 aromatic rings. The third-order valence-electron chi connectivity index (χ3n) is 4.40. The number of benzene rings is 1. The van der Waals surface area contributed by atoms with Gasteiger partial charge in [0, 0.05) is 23.1 Å². The molecule has 3 rings (SSSR count). The molecule has 1 N–H and O–H groups in total. The molecule has 0 spiro atoms. The minimum Gasteiger partial charge on any atom is -0.461 e. The number of carbonyl (C=O) groups is 3. The summed E-state index contributed by atoms with van der Waals surface area (Å²) in [5, 5.41) is 10.6. The van der Waals surface area contributed by atoms with Gasteiger partial charge in [0.2, 0.25) is 5.78 Å². The lowest BCUT2D eigenvalue weighted by Gasteiger charge is -2.38. The van der Waals surface area contributed by atoms with E-state index in [4.69, 9.17) is 9.47 Å². The quantitative estimate of drug-likeness (QED) is 0.853. The Bertz CT molecular complexity index is 763. The number of ether oxygens (including phenoxy) is 2. The average Bonchev–Trinajstić information content (AvgIpc) is 2.59. The molecule has 0 amide bonds. The molecule has 126 valence electrons. The van der Waals surface area contributed by atoms with E-state index in [1.807, 2.05) is 6.92 Å². The lowest BCUT2D eigenvalue weighted by molar-refractivity contribution is -0.223.